The van der Waals surface area contributed by atoms with Gasteiger partial charge < -0.3 is 4.42 Å². The number of aliphatic imine (C=N–C) groups is 1. The number of anilines is 1. The van der Waals surface area contributed by atoms with Crippen molar-refractivity contribution in [2.75, 3.05) is 12.1 Å². The molecule has 2 amide bonds. The maximum Gasteiger partial charge on any atom is 0.313 e. The first kappa shape index (κ1) is 19.7. The Bertz CT molecular complexity index is 1260. The molecule has 7 heteroatoms. The van der Waals surface area contributed by atoms with E-state index < -0.39 is 11.9 Å². The van der Waals surface area contributed by atoms with E-state index in [2.05, 4.69) is 4.99 Å². The third kappa shape index (κ3) is 3.23. The summed E-state index contributed by atoms with van der Waals surface area (Å²) in [5.41, 5.74) is 2.48. The van der Waals surface area contributed by atoms with Crippen LogP contribution >= 0.6 is 0 Å². The number of carbonyl (C=O) groups is 2. The van der Waals surface area contributed by atoms with Crippen LogP contribution in [0.1, 0.15) is 28.6 Å². The second kappa shape index (κ2) is 7.35. The highest BCUT2D eigenvalue weighted by molar-refractivity contribution is 6.48. The van der Waals surface area contributed by atoms with Crippen LogP contribution in [0.25, 0.3) is 11.0 Å². The summed E-state index contributed by atoms with van der Waals surface area (Å²) in [6, 6.07) is 13.4. The molecule has 1 atom stereocenters. The van der Waals surface area contributed by atoms with E-state index >= 15 is 0 Å². The lowest BCUT2D eigenvalue weighted by Crippen LogP contribution is -2.38. The zero-order valence-corrected chi connectivity index (χ0v) is 17.2. The molecule has 0 spiro atoms. The largest absolute Gasteiger partial charge is 0.451 e. The molecule has 1 aliphatic heterocycles. The Morgan fingerprint density at radius 1 is 1.07 bits per heavy atom. The number of rotatable bonds is 2. The van der Waals surface area contributed by atoms with Gasteiger partial charge in [0.15, 0.2) is 11.2 Å². The SMILES string of the molecule is Cc1cc(C)c2c(=O)cc(C(=O)N=C3C(=O)N(c4ccccc4)N(C)C3C)oc2c1. The molecule has 1 fully saturated rings. The van der Waals surface area contributed by atoms with Gasteiger partial charge in [-0.05, 0) is 50.1 Å². The minimum absolute atomic E-state index is 0.0921. The summed E-state index contributed by atoms with van der Waals surface area (Å²) in [5.74, 6) is -1.34. The van der Waals surface area contributed by atoms with Gasteiger partial charge in [0.1, 0.15) is 11.3 Å². The van der Waals surface area contributed by atoms with Gasteiger partial charge in [0.25, 0.3) is 5.91 Å². The van der Waals surface area contributed by atoms with Crippen molar-refractivity contribution in [3.05, 3.63) is 75.6 Å². The van der Waals surface area contributed by atoms with Gasteiger partial charge in [-0.2, -0.15) is 0 Å². The first-order valence-corrected chi connectivity index (χ1v) is 9.58. The molecule has 0 saturated carbocycles. The molecule has 4 rings (SSSR count). The number of amides is 2. The summed E-state index contributed by atoms with van der Waals surface area (Å²) in [7, 11) is 1.75. The Labute approximate surface area is 173 Å². The van der Waals surface area contributed by atoms with Crippen molar-refractivity contribution in [2.45, 2.75) is 26.8 Å². The van der Waals surface area contributed by atoms with Gasteiger partial charge in [-0.3, -0.25) is 14.4 Å². The summed E-state index contributed by atoms with van der Waals surface area (Å²) >= 11 is 0. The topological polar surface area (TPSA) is 83.2 Å². The van der Waals surface area contributed by atoms with Crippen LogP contribution in [0.3, 0.4) is 0 Å². The van der Waals surface area contributed by atoms with Crippen molar-refractivity contribution in [3.63, 3.8) is 0 Å². The van der Waals surface area contributed by atoms with Crippen LogP contribution in [0.5, 0.6) is 0 Å². The molecular formula is C23H21N3O4. The Morgan fingerprint density at radius 3 is 2.47 bits per heavy atom. The second-order valence-corrected chi connectivity index (χ2v) is 7.43. The van der Waals surface area contributed by atoms with Crippen molar-refractivity contribution in [3.8, 4) is 0 Å². The highest BCUT2D eigenvalue weighted by atomic mass is 16.3. The Morgan fingerprint density at radius 2 is 1.77 bits per heavy atom. The average molecular weight is 403 g/mol. The molecule has 2 aromatic carbocycles. The molecule has 1 saturated heterocycles. The van der Waals surface area contributed by atoms with E-state index in [-0.39, 0.29) is 22.8 Å². The predicted molar refractivity (Wildman–Crippen MR) is 115 cm³/mol. The van der Waals surface area contributed by atoms with E-state index in [0.29, 0.717) is 16.7 Å². The van der Waals surface area contributed by atoms with Gasteiger partial charge in [0, 0.05) is 13.1 Å². The number of aryl methyl sites for hydroxylation is 2. The van der Waals surface area contributed by atoms with Crippen molar-refractivity contribution in [2.24, 2.45) is 4.99 Å². The highest BCUT2D eigenvalue weighted by Gasteiger charge is 2.40. The first-order valence-electron chi connectivity index (χ1n) is 9.58. The fraction of sp³-hybridized carbons (Fsp3) is 0.217. The molecule has 1 aliphatic rings. The van der Waals surface area contributed by atoms with E-state index in [0.717, 1.165) is 17.2 Å². The Hall–Kier alpha value is -3.58. The molecule has 3 aromatic rings. The highest BCUT2D eigenvalue weighted by Crippen LogP contribution is 2.25. The number of nitrogens with zero attached hydrogens (tertiary/aromatic N) is 3. The number of carbonyl (C=O) groups excluding carboxylic acids is 2. The molecule has 0 N–H and O–H groups in total. The maximum atomic E-state index is 13.0. The van der Waals surface area contributed by atoms with E-state index in [1.165, 1.54) is 5.01 Å². The van der Waals surface area contributed by atoms with Gasteiger partial charge in [-0.15, -0.1) is 0 Å². The lowest BCUT2D eigenvalue weighted by atomic mass is 10.1. The van der Waals surface area contributed by atoms with Crippen molar-refractivity contribution >= 4 is 34.2 Å². The fourth-order valence-electron chi connectivity index (χ4n) is 3.72. The van der Waals surface area contributed by atoms with Gasteiger partial charge >= 0.3 is 5.91 Å². The third-order valence-electron chi connectivity index (χ3n) is 5.29. The van der Waals surface area contributed by atoms with Crippen LogP contribution in [0.4, 0.5) is 5.69 Å². The second-order valence-electron chi connectivity index (χ2n) is 7.43. The molecule has 7 nitrogen and oxygen atoms in total. The van der Waals surface area contributed by atoms with Crippen LogP contribution in [-0.2, 0) is 4.79 Å². The lowest BCUT2D eigenvalue weighted by Gasteiger charge is -2.25. The van der Waals surface area contributed by atoms with Crippen molar-refractivity contribution in [1.29, 1.82) is 0 Å². The predicted octanol–water partition coefficient (Wildman–Crippen LogP) is 3.27. The number of benzene rings is 2. The maximum absolute atomic E-state index is 13.0. The molecule has 152 valence electrons. The van der Waals surface area contributed by atoms with E-state index in [9.17, 15) is 14.4 Å². The standard InChI is InChI=1S/C23H21N3O4/c1-13-10-14(2)20-17(27)12-19(30-18(20)11-13)22(28)24-21-15(3)25(4)26(23(21)29)16-8-6-5-7-9-16/h5-12,15H,1-4H3. The smallest absolute Gasteiger partial charge is 0.313 e. The fourth-order valence-corrected chi connectivity index (χ4v) is 3.72. The molecule has 2 heterocycles. The quantitative estimate of drug-likeness (QED) is 0.656. The minimum atomic E-state index is -0.758. The number of para-hydroxylation sites is 1. The van der Waals surface area contributed by atoms with E-state index in [1.54, 1.807) is 37.2 Å². The van der Waals surface area contributed by atoms with Gasteiger partial charge in [-0.25, -0.2) is 15.0 Å². The minimum Gasteiger partial charge on any atom is -0.451 e. The van der Waals surface area contributed by atoms with Crippen molar-refractivity contribution in [1.82, 2.24) is 5.01 Å². The molecule has 1 unspecified atom stereocenters. The Balaban J connectivity index is 1.74. The van der Waals surface area contributed by atoms with Crippen LogP contribution < -0.4 is 10.4 Å². The van der Waals surface area contributed by atoms with E-state index in [4.69, 9.17) is 4.42 Å². The molecule has 30 heavy (non-hydrogen) atoms. The van der Waals surface area contributed by atoms with Crippen LogP contribution in [0.2, 0.25) is 0 Å². The zero-order chi connectivity index (χ0) is 21.6. The molecule has 0 bridgehead atoms. The van der Waals surface area contributed by atoms with E-state index in [1.807, 2.05) is 38.1 Å². The summed E-state index contributed by atoms with van der Waals surface area (Å²) in [4.78, 5) is 42.4. The van der Waals surface area contributed by atoms with Crippen LogP contribution in [-0.4, -0.2) is 35.6 Å². The third-order valence-corrected chi connectivity index (χ3v) is 5.29. The zero-order valence-electron chi connectivity index (χ0n) is 17.2. The lowest BCUT2D eigenvalue weighted by molar-refractivity contribution is -0.113. The Kier molecular flexibility index (Phi) is 4.83. The average Bonchev–Trinajstić information content (AvgIpc) is 2.91. The molecule has 0 radical (unpaired) electrons. The van der Waals surface area contributed by atoms with Crippen LogP contribution in [0, 0.1) is 13.8 Å². The van der Waals surface area contributed by atoms with Gasteiger partial charge in [0.05, 0.1) is 17.1 Å². The summed E-state index contributed by atoms with van der Waals surface area (Å²) in [6.45, 7) is 5.49. The molecular weight excluding hydrogens is 382 g/mol. The monoisotopic (exact) mass is 403 g/mol. The number of hydrogen-bond donors (Lipinski definition) is 0. The number of fused-ring (bicyclic) bond motifs is 1. The summed E-state index contributed by atoms with van der Waals surface area (Å²) in [5, 5.41) is 3.62. The molecule has 0 aliphatic carbocycles. The van der Waals surface area contributed by atoms with Crippen LogP contribution in [0.15, 0.2) is 62.7 Å². The molecule has 1 aromatic heterocycles. The normalized spacial score (nSPS) is 18.5. The first-order chi connectivity index (χ1) is 14.3. The summed E-state index contributed by atoms with van der Waals surface area (Å²) < 4.78 is 5.69. The summed E-state index contributed by atoms with van der Waals surface area (Å²) in [6.07, 6.45) is 0. The number of hydrazine groups is 1. The number of hydrogen-bond acceptors (Lipinski definition) is 5. The van der Waals surface area contributed by atoms with Gasteiger partial charge in [0.2, 0.25) is 0 Å². The van der Waals surface area contributed by atoms with Crippen molar-refractivity contribution < 1.29 is 14.0 Å². The van der Waals surface area contributed by atoms with Gasteiger partial charge in [-0.1, -0.05) is 24.3 Å².